The monoisotopic (exact) mass is 441 g/mol. The van der Waals surface area contributed by atoms with Crippen LogP contribution in [0.5, 0.6) is 11.5 Å². The summed E-state index contributed by atoms with van der Waals surface area (Å²) >= 11 is 0. The van der Waals surface area contributed by atoms with Gasteiger partial charge in [0.2, 0.25) is 5.91 Å². The maximum atomic E-state index is 13.7. The Morgan fingerprint density at radius 3 is 2.45 bits per heavy atom. The van der Waals surface area contributed by atoms with Crippen molar-refractivity contribution >= 4 is 11.6 Å². The molecule has 0 spiro atoms. The number of para-hydroxylation sites is 1. The molecule has 1 aliphatic rings. The van der Waals surface area contributed by atoms with E-state index in [-0.39, 0.29) is 17.1 Å². The van der Waals surface area contributed by atoms with Gasteiger partial charge in [-0.15, -0.1) is 6.58 Å². The first kappa shape index (κ1) is 22.7. The molecule has 33 heavy (non-hydrogen) atoms. The molecule has 1 heterocycles. The number of ether oxygens (including phenoxy) is 1. The van der Waals surface area contributed by atoms with Gasteiger partial charge >= 0.3 is 0 Å². The van der Waals surface area contributed by atoms with Crippen molar-refractivity contribution in [1.29, 1.82) is 0 Å². The van der Waals surface area contributed by atoms with Crippen LogP contribution in [0.1, 0.15) is 55.9 Å². The number of fused-ring (bicyclic) bond motifs is 1. The molecule has 170 valence electrons. The summed E-state index contributed by atoms with van der Waals surface area (Å²) in [5, 5.41) is 14.1. The number of anilines is 1. The summed E-state index contributed by atoms with van der Waals surface area (Å²) in [6.45, 7) is 10.7. The van der Waals surface area contributed by atoms with E-state index in [0.29, 0.717) is 12.2 Å². The number of hydrogen-bond acceptors (Lipinski definition) is 3. The molecule has 3 aromatic rings. The van der Waals surface area contributed by atoms with Crippen molar-refractivity contribution < 1.29 is 14.6 Å². The second kappa shape index (κ2) is 8.78. The van der Waals surface area contributed by atoms with Gasteiger partial charge in [-0.05, 0) is 59.7 Å². The second-order valence-electron chi connectivity index (χ2n) is 9.54. The smallest absolute Gasteiger partial charge is 0.244 e. The number of allylic oxidation sites excluding steroid dienone is 1. The van der Waals surface area contributed by atoms with Crippen molar-refractivity contribution in [2.24, 2.45) is 0 Å². The van der Waals surface area contributed by atoms with Gasteiger partial charge in [0.15, 0.2) is 0 Å². The minimum Gasteiger partial charge on any atom is -0.508 e. The van der Waals surface area contributed by atoms with Gasteiger partial charge in [-0.2, -0.15) is 0 Å². The van der Waals surface area contributed by atoms with Crippen LogP contribution in [-0.4, -0.2) is 17.6 Å². The maximum absolute atomic E-state index is 13.7. The van der Waals surface area contributed by atoms with Gasteiger partial charge < -0.3 is 15.2 Å². The maximum Gasteiger partial charge on any atom is 0.244 e. The van der Waals surface area contributed by atoms with E-state index in [9.17, 15) is 9.90 Å². The van der Waals surface area contributed by atoms with Crippen molar-refractivity contribution in [1.82, 2.24) is 0 Å². The summed E-state index contributed by atoms with van der Waals surface area (Å²) < 4.78 is 5.85. The molecule has 1 atom stereocenters. The number of nitrogens with one attached hydrogen (secondary N) is 1. The van der Waals surface area contributed by atoms with Crippen molar-refractivity contribution in [2.45, 2.75) is 44.4 Å². The second-order valence-corrected chi connectivity index (χ2v) is 9.54. The normalized spacial score (nSPS) is 17.4. The predicted octanol–water partition coefficient (Wildman–Crippen LogP) is 6.32. The van der Waals surface area contributed by atoms with Crippen molar-refractivity contribution in [2.75, 3.05) is 11.9 Å². The van der Waals surface area contributed by atoms with Gasteiger partial charge in [0.1, 0.15) is 16.9 Å². The Labute approximate surface area is 195 Å². The molecule has 4 nitrogen and oxygen atoms in total. The number of phenolic OH excluding ortho intramolecular Hbond substituents is 1. The Kier molecular flexibility index (Phi) is 6.03. The zero-order chi connectivity index (χ0) is 23.6. The molecule has 0 aliphatic carbocycles. The highest BCUT2D eigenvalue weighted by Gasteiger charge is 2.51. The van der Waals surface area contributed by atoms with Gasteiger partial charge in [-0.1, -0.05) is 63.2 Å². The zero-order valence-corrected chi connectivity index (χ0v) is 19.5. The Morgan fingerprint density at radius 1 is 1.03 bits per heavy atom. The summed E-state index contributed by atoms with van der Waals surface area (Å²) in [4.78, 5) is 13.7. The number of carbonyl (C=O) groups is 1. The Morgan fingerprint density at radius 2 is 1.76 bits per heavy atom. The van der Waals surface area contributed by atoms with Gasteiger partial charge in [-0.3, -0.25) is 4.79 Å². The molecule has 0 fully saturated rings. The quantitative estimate of drug-likeness (QED) is 0.333. The topological polar surface area (TPSA) is 58.6 Å². The zero-order valence-electron chi connectivity index (χ0n) is 19.5. The third-order valence-electron chi connectivity index (χ3n) is 6.30. The van der Waals surface area contributed by atoms with E-state index in [1.54, 1.807) is 6.07 Å². The molecular formula is C29H31NO3. The fraction of sp³-hybridized carbons (Fsp3) is 0.276. The number of unbranched alkanes of at least 4 members (excludes halogenated alkanes) is 1. The van der Waals surface area contributed by atoms with Crippen LogP contribution < -0.4 is 10.1 Å². The Balaban J connectivity index is 1.87. The number of carbonyl (C=O) groups excluding carboxylic acids is 1. The van der Waals surface area contributed by atoms with Crippen LogP contribution in [0.2, 0.25) is 0 Å². The predicted molar refractivity (Wildman–Crippen MR) is 133 cm³/mol. The van der Waals surface area contributed by atoms with E-state index in [0.717, 1.165) is 41.0 Å². The average molecular weight is 442 g/mol. The van der Waals surface area contributed by atoms with Gasteiger partial charge in [-0.25, -0.2) is 0 Å². The molecule has 0 saturated heterocycles. The number of amides is 1. The first-order valence-electron chi connectivity index (χ1n) is 11.4. The standard InChI is InChI=1S/C29H31NO3/c1-5-6-9-18-33-22-15-12-20(13-16-22)29(23-10-7-8-11-25(23)30-27(29)32)24-19-21(28(2,3)4)14-17-26(24)31/h5,7-8,10-17,19,31H,1,6,9,18H2,2-4H3,(H,30,32). The fourth-order valence-electron chi connectivity index (χ4n) is 4.49. The average Bonchev–Trinajstić information content (AvgIpc) is 3.09. The molecule has 4 rings (SSSR count). The summed E-state index contributed by atoms with van der Waals surface area (Å²) in [6, 6.07) is 20.9. The van der Waals surface area contributed by atoms with Gasteiger partial charge in [0.25, 0.3) is 0 Å². The lowest BCUT2D eigenvalue weighted by Gasteiger charge is -2.31. The number of hydrogen-bond donors (Lipinski definition) is 2. The third-order valence-corrected chi connectivity index (χ3v) is 6.30. The molecule has 0 radical (unpaired) electrons. The van der Waals surface area contributed by atoms with Crippen molar-refractivity contribution in [3.8, 4) is 11.5 Å². The SMILES string of the molecule is C=CCCCOc1ccc(C2(c3cc(C(C)(C)C)ccc3O)C(=O)Nc3ccccc32)cc1. The number of benzene rings is 3. The lowest BCUT2D eigenvalue weighted by molar-refractivity contribution is -0.118. The largest absolute Gasteiger partial charge is 0.508 e. The van der Waals surface area contributed by atoms with Crippen LogP contribution in [-0.2, 0) is 15.6 Å². The highest BCUT2D eigenvalue weighted by atomic mass is 16.5. The first-order chi connectivity index (χ1) is 15.8. The minimum atomic E-state index is -1.16. The molecule has 2 N–H and O–H groups in total. The van der Waals surface area contributed by atoms with Gasteiger partial charge in [0, 0.05) is 16.8 Å². The van der Waals surface area contributed by atoms with Crippen LogP contribution in [0.4, 0.5) is 5.69 Å². The third kappa shape index (κ3) is 4.02. The molecule has 4 heteroatoms. The van der Waals surface area contributed by atoms with Crippen LogP contribution >= 0.6 is 0 Å². The van der Waals surface area contributed by atoms with E-state index in [2.05, 4.69) is 32.7 Å². The fourth-order valence-corrected chi connectivity index (χ4v) is 4.49. The van der Waals surface area contributed by atoms with Crippen molar-refractivity contribution in [3.63, 3.8) is 0 Å². The van der Waals surface area contributed by atoms with Crippen molar-refractivity contribution in [3.05, 3.63) is 102 Å². The summed E-state index contributed by atoms with van der Waals surface area (Å²) in [6.07, 6.45) is 3.69. The first-order valence-corrected chi connectivity index (χ1v) is 11.4. The van der Waals surface area contributed by atoms with E-state index >= 15 is 0 Å². The van der Waals surface area contributed by atoms with Crippen LogP contribution in [0.25, 0.3) is 0 Å². The Bertz CT molecular complexity index is 1170. The van der Waals surface area contributed by atoms with E-state index in [4.69, 9.17) is 4.74 Å². The Hall–Kier alpha value is -3.53. The highest BCUT2D eigenvalue weighted by Crippen LogP contribution is 2.50. The summed E-state index contributed by atoms with van der Waals surface area (Å²) in [7, 11) is 0. The minimum absolute atomic E-state index is 0.0969. The molecular weight excluding hydrogens is 410 g/mol. The van der Waals surface area contributed by atoms with E-state index in [1.807, 2.05) is 66.7 Å². The summed E-state index contributed by atoms with van der Waals surface area (Å²) in [5.74, 6) is 0.668. The van der Waals surface area contributed by atoms with E-state index < -0.39 is 5.41 Å². The number of rotatable bonds is 7. The number of aromatic hydroxyl groups is 1. The molecule has 0 saturated carbocycles. The van der Waals surface area contributed by atoms with Crippen LogP contribution in [0.3, 0.4) is 0 Å². The van der Waals surface area contributed by atoms with Crippen LogP contribution in [0.15, 0.2) is 79.4 Å². The molecule has 1 unspecified atom stereocenters. The lowest BCUT2D eigenvalue weighted by Crippen LogP contribution is -2.37. The van der Waals surface area contributed by atoms with E-state index in [1.165, 1.54) is 0 Å². The molecule has 0 aromatic heterocycles. The lowest BCUT2D eigenvalue weighted by atomic mass is 9.68. The molecule has 1 aliphatic heterocycles. The van der Waals surface area contributed by atoms with Crippen LogP contribution in [0, 0.1) is 0 Å². The summed E-state index contributed by atoms with van der Waals surface area (Å²) in [5.41, 5.74) is 2.70. The highest BCUT2D eigenvalue weighted by molar-refractivity contribution is 6.11. The van der Waals surface area contributed by atoms with Gasteiger partial charge in [0.05, 0.1) is 6.61 Å². The molecule has 3 aromatic carbocycles. The molecule has 0 bridgehead atoms. The molecule has 1 amide bonds. The number of phenols is 1.